The number of benzene rings is 2. The highest BCUT2D eigenvalue weighted by atomic mass is 16.3. The molecule has 2 aromatic rings. The molecule has 0 bridgehead atoms. The largest absolute Gasteiger partial charge is 0.508 e. The number of hydrogen-bond donors (Lipinski definition) is 3. The molecule has 2 rings (SSSR count). The van der Waals surface area contributed by atoms with Crippen LogP contribution in [0.1, 0.15) is 18.5 Å². The van der Waals surface area contributed by atoms with Crippen LogP contribution in [0.25, 0.3) is 0 Å². The zero-order chi connectivity index (χ0) is 12.3. The Balaban J connectivity index is 2.14. The number of aromatic hydroxyl groups is 2. The van der Waals surface area contributed by atoms with Crippen molar-refractivity contribution in [2.75, 3.05) is 5.32 Å². The van der Waals surface area contributed by atoms with E-state index < -0.39 is 0 Å². The van der Waals surface area contributed by atoms with E-state index in [2.05, 4.69) is 5.32 Å². The number of phenolic OH excluding ortho intramolecular Hbond substituents is 2. The average molecular weight is 229 g/mol. The molecule has 3 heteroatoms. The number of hydrogen-bond acceptors (Lipinski definition) is 3. The lowest BCUT2D eigenvalue weighted by atomic mass is 10.1. The van der Waals surface area contributed by atoms with Gasteiger partial charge in [0.25, 0.3) is 0 Å². The predicted molar refractivity (Wildman–Crippen MR) is 68.3 cm³/mol. The Kier molecular flexibility index (Phi) is 3.19. The summed E-state index contributed by atoms with van der Waals surface area (Å²) in [5.74, 6) is 0.491. The predicted octanol–water partition coefficient (Wildman–Crippen LogP) is 3.27. The molecule has 17 heavy (non-hydrogen) atoms. The lowest BCUT2D eigenvalue weighted by Gasteiger charge is -2.16. The van der Waals surface area contributed by atoms with Crippen molar-refractivity contribution in [3.63, 3.8) is 0 Å². The van der Waals surface area contributed by atoms with Crippen LogP contribution in [-0.2, 0) is 0 Å². The standard InChI is InChI=1S/C14H15NO2/c1-10(11-4-2-6-13(16)8-11)15-12-5-3-7-14(17)9-12/h2-10,15-17H,1H3. The molecule has 0 spiro atoms. The molecule has 3 nitrogen and oxygen atoms in total. The van der Waals surface area contributed by atoms with Crippen LogP contribution in [0.15, 0.2) is 48.5 Å². The van der Waals surface area contributed by atoms with Crippen LogP contribution in [-0.4, -0.2) is 10.2 Å². The number of rotatable bonds is 3. The summed E-state index contributed by atoms with van der Waals surface area (Å²) >= 11 is 0. The zero-order valence-corrected chi connectivity index (χ0v) is 9.59. The Bertz CT molecular complexity index is 511. The Morgan fingerprint density at radius 3 is 2.24 bits per heavy atom. The third kappa shape index (κ3) is 2.91. The van der Waals surface area contributed by atoms with Gasteiger partial charge in [-0.05, 0) is 36.8 Å². The fraction of sp³-hybridized carbons (Fsp3) is 0.143. The summed E-state index contributed by atoms with van der Waals surface area (Å²) < 4.78 is 0. The van der Waals surface area contributed by atoms with Gasteiger partial charge in [-0.1, -0.05) is 18.2 Å². The number of phenols is 2. The number of nitrogens with one attached hydrogen (secondary N) is 1. The van der Waals surface area contributed by atoms with Gasteiger partial charge >= 0.3 is 0 Å². The van der Waals surface area contributed by atoms with Crippen LogP contribution in [0.4, 0.5) is 5.69 Å². The first-order valence-corrected chi connectivity index (χ1v) is 5.49. The molecular weight excluding hydrogens is 214 g/mol. The highest BCUT2D eigenvalue weighted by Gasteiger charge is 2.05. The molecule has 0 aliphatic carbocycles. The first-order chi connectivity index (χ1) is 8.15. The van der Waals surface area contributed by atoms with Gasteiger partial charge < -0.3 is 15.5 Å². The molecule has 1 unspecified atom stereocenters. The minimum atomic E-state index is 0.0592. The van der Waals surface area contributed by atoms with Gasteiger partial charge in [0.15, 0.2) is 0 Å². The second-order valence-electron chi connectivity index (χ2n) is 4.01. The third-order valence-electron chi connectivity index (χ3n) is 2.60. The van der Waals surface area contributed by atoms with E-state index in [4.69, 9.17) is 0 Å². The van der Waals surface area contributed by atoms with E-state index in [1.54, 1.807) is 30.3 Å². The lowest BCUT2D eigenvalue weighted by Crippen LogP contribution is -2.06. The van der Waals surface area contributed by atoms with Crippen molar-refractivity contribution in [2.45, 2.75) is 13.0 Å². The molecule has 88 valence electrons. The van der Waals surface area contributed by atoms with Gasteiger partial charge in [-0.25, -0.2) is 0 Å². The molecule has 2 aromatic carbocycles. The van der Waals surface area contributed by atoms with Crippen molar-refractivity contribution in [3.05, 3.63) is 54.1 Å². The fourth-order valence-corrected chi connectivity index (χ4v) is 1.72. The summed E-state index contributed by atoms with van der Waals surface area (Å²) in [5.41, 5.74) is 1.84. The van der Waals surface area contributed by atoms with Crippen LogP contribution in [0, 0.1) is 0 Å². The lowest BCUT2D eigenvalue weighted by molar-refractivity contribution is 0.473. The molecule has 0 fully saturated rings. The monoisotopic (exact) mass is 229 g/mol. The van der Waals surface area contributed by atoms with E-state index in [0.29, 0.717) is 0 Å². The molecule has 3 N–H and O–H groups in total. The Morgan fingerprint density at radius 1 is 0.941 bits per heavy atom. The second-order valence-corrected chi connectivity index (χ2v) is 4.01. The van der Waals surface area contributed by atoms with Crippen LogP contribution in [0.3, 0.4) is 0 Å². The highest BCUT2D eigenvalue weighted by molar-refractivity contribution is 5.49. The SMILES string of the molecule is CC(Nc1cccc(O)c1)c1cccc(O)c1. The van der Waals surface area contributed by atoms with E-state index >= 15 is 0 Å². The summed E-state index contributed by atoms with van der Waals surface area (Å²) in [7, 11) is 0. The van der Waals surface area contributed by atoms with Gasteiger partial charge in [0.2, 0.25) is 0 Å². The summed E-state index contributed by atoms with van der Waals surface area (Å²) in [6.45, 7) is 2.00. The van der Waals surface area contributed by atoms with E-state index in [9.17, 15) is 10.2 Å². The van der Waals surface area contributed by atoms with Gasteiger partial charge in [0, 0.05) is 17.8 Å². The number of anilines is 1. The summed E-state index contributed by atoms with van der Waals surface area (Å²) in [4.78, 5) is 0. The molecule has 0 saturated heterocycles. The third-order valence-corrected chi connectivity index (χ3v) is 2.60. The van der Waals surface area contributed by atoms with Crippen LogP contribution in [0.5, 0.6) is 11.5 Å². The zero-order valence-electron chi connectivity index (χ0n) is 9.59. The highest BCUT2D eigenvalue weighted by Crippen LogP contribution is 2.23. The molecule has 0 aromatic heterocycles. The van der Waals surface area contributed by atoms with E-state index in [1.807, 2.05) is 25.1 Å². The van der Waals surface area contributed by atoms with Crippen molar-refractivity contribution >= 4 is 5.69 Å². The Labute approximate surface area is 100 Å². The topological polar surface area (TPSA) is 52.5 Å². The van der Waals surface area contributed by atoms with Crippen molar-refractivity contribution in [3.8, 4) is 11.5 Å². The second kappa shape index (κ2) is 4.78. The Hall–Kier alpha value is -2.16. The maximum Gasteiger partial charge on any atom is 0.117 e. The molecule has 1 atom stereocenters. The summed E-state index contributed by atoms with van der Waals surface area (Å²) in [5, 5.41) is 22.0. The molecule has 0 saturated carbocycles. The smallest absolute Gasteiger partial charge is 0.117 e. The fourth-order valence-electron chi connectivity index (χ4n) is 1.72. The maximum absolute atomic E-state index is 9.40. The van der Waals surface area contributed by atoms with Crippen molar-refractivity contribution < 1.29 is 10.2 Å². The van der Waals surface area contributed by atoms with E-state index in [0.717, 1.165) is 11.3 Å². The van der Waals surface area contributed by atoms with Gasteiger partial charge in [-0.3, -0.25) is 0 Å². The van der Waals surface area contributed by atoms with Crippen molar-refractivity contribution in [1.29, 1.82) is 0 Å². The molecule has 0 aliphatic heterocycles. The van der Waals surface area contributed by atoms with Gasteiger partial charge in [0.05, 0.1) is 0 Å². The average Bonchev–Trinajstić information content (AvgIpc) is 2.29. The van der Waals surface area contributed by atoms with Crippen molar-refractivity contribution in [1.82, 2.24) is 0 Å². The van der Waals surface area contributed by atoms with Crippen molar-refractivity contribution in [2.24, 2.45) is 0 Å². The molecule has 0 radical (unpaired) electrons. The molecule has 0 amide bonds. The first kappa shape index (κ1) is 11.3. The van der Waals surface area contributed by atoms with Gasteiger partial charge in [-0.2, -0.15) is 0 Å². The normalized spacial score (nSPS) is 12.1. The quantitative estimate of drug-likeness (QED) is 0.757. The Morgan fingerprint density at radius 2 is 1.59 bits per heavy atom. The van der Waals surface area contributed by atoms with E-state index in [1.165, 1.54) is 0 Å². The maximum atomic E-state index is 9.40. The van der Waals surface area contributed by atoms with Gasteiger partial charge in [-0.15, -0.1) is 0 Å². The van der Waals surface area contributed by atoms with Crippen LogP contribution < -0.4 is 5.32 Å². The minimum Gasteiger partial charge on any atom is -0.508 e. The summed E-state index contributed by atoms with van der Waals surface area (Å²) in [6, 6.07) is 14.1. The van der Waals surface area contributed by atoms with E-state index in [-0.39, 0.29) is 17.5 Å². The van der Waals surface area contributed by atoms with Crippen LogP contribution in [0.2, 0.25) is 0 Å². The first-order valence-electron chi connectivity index (χ1n) is 5.49. The molecular formula is C14H15NO2. The summed E-state index contributed by atoms with van der Waals surface area (Å²) in [6.07, 6.45) is 0. The molecule has 0 aliphatic rings. The minimum absolute atomic E-state index is 0.0592. The van der Waals surface area contributed by atoms with Gasteiger partial charge in [0.1, 0.15) is 11.5 Å². The van der Waals surface area contributed by atoms with Crippen LogP contribution >= 0.6 is 0 Å². The molecule has 0 heterocycles.